The number of hydrogen-bond acceptors (Lipinski definition) is 4. The standard InChI is InChI=1S/C13H22N2O2/c1-13(2,16-4)8-9-17-12-7-5-6-11(15-12)10-14-3/h5-7,14H,8-10H2,1-4H3. The van der Waals surface area contributed by atoms with Crippen LogP contribution >= 0.6 is 0 Å². The summed E-state index contributed by atoms with van der Waals surface area (Å²) in [5.74, 6) is 0.671. The summed E-state index contributed by atoms with van der Waals surface area (Å²) in [5.41, 5.74) is 0.832. The van der Waals surface area contributed by atoms with Gasteiger partial charge in [0, 0.05) is 26.1 Å². The molecule has 4 heteroatoms. The predicted molar refractivity (Wildman–Crippen MR) is 68.2 cm³/mol. The van der Waals surface area contributed by atoms with Gasteiger partial charge in [0.15, 0.2) is 0 Å². The zero-order valence-corrected chi connectivity index (χ0v) is 11.1. The van der Waals surface area contributed by atoms with E-state index in [9.17, 15) is 0 Å². The van der Waals surface area contributed by atoms with Crippen LogP contribution in [-0.4, -0.2) is 31.3 Å². The third-order valence-corrected chi connectivity index (χ3v) is 2.65. The maximum absolute atomic E-state index is 5.61. The van der Waals surface area contributed by atoms with Crippen LogP contribution in [0, 0.1) is 0 Å². The van der Waals surface area contributed by atoms with Crippen molar-refractivity contribution in [3.05, 3.63) is 23.9 Å². The van der Waals surface area contributed by atoms with Crippen molar-refractivity contribution in [3.63, 3.8) is 0 Å². The first-order chi connectivity index (χ1) is 8.07. The van der Waals surface area contributed by atoms with Crippen LogP contribution in [0.4, 0.5) is 0 Å². The summed E-state index contributed by atoms with van der Waals surface area (Å²) in [5, 5.41) is 3.06. The number of nitrogens with one attached hydrogen (secondary N) is 1. The second-order valence-corrected chi connectivity index (χ2v) is 4.56. The van der Waals surface area contributed by atoms with E-state index in [0.29, 0.717) is 12.5 Å². The number of pyridine rings is 1. The Morgan fingerprint density at radius 2 is 2.12 bits per heavy atom. The van der Waals surface area contributed by atoms with E-state index in [1.807, 2.05) is 39.1 Å². The second kappa shape index (κ2) is 6.57. The smallest absolute Gasteiger partial charge is 0.213 e. The fourth-order valence-electron chi connectivity index (χ4n) is 1.32. The Bertz CT molecular complexity index is 340. The highest BCUT2D eigenvalue weighted by molar-refractivity contribution is 5.15. The molecule has 0 saturated carbocycles. The largest absolute Gasteiger partial charge is 0.478 e. The Balaban J connectivity index is 2.44. The zero-order valence-electron chi connectivity index (χ0n) is 11.1. The Labute approximate surface area is 103 Å². The van der Waals surface area contributed by atoms with Crippen LogP contribution in [0.3, 0.4) is 0 Å². The average Bonchev–Trinajstić information content (AvgIpc) is 2.30. The van der Waals surface area contributed by atoms with Crippen molar-refractivity contribution in [1.82, 2.24) is 10.3 Å². The lowest BCUT2D eigenvalue weighted by molar-refractivity contribution is 0.00507. The minimum atomic E-state index is -0.150. The van der Waals surface area contributed by atoms with E-state index in [4.69, 9.17) is 9.47 Å². The van der Waals surface area contributed by atoms with E-state index in [1.165, 1.54) is 0 Å². The number of ether oxygens (including phenoxy) is 2. The summed E-state index contributed by atoms with van der Waals surface area (Å²) in [7, 11) is 3.61. The van der Waals surface area contributed by atoms with E-state index in [0.717, 1.165) is 18.7 Å². The molecule has 96 valence electrons. The number of rotatable bonds is 7. The Kier molecular flexibility index (Phi) is 5.38. The Hall–Kier alpha value is -1.13. The maximum atomic E-state index is 5.61. The first-order valence-corrected chi connectivity index (χ1v) is 5.86. The van der Waals surface area contributed by atoms with Gasteiger partial charge in [0.2, 0.25) is 5.88 Å². The summed E-state index contributed by atoms with van der Waals surface area (Å²) >= 11 is 0. The fraction of sp³-hybridized carbons (Fsp3) is 0.615. The molecule has 0 aliphatic heterocycles. The summed E-state index contributed by atoms with van der Waals surface area (Å²) in [6.07, 6.45) is 0.835. The van der Waals surface area contributed by atoms with Gasteiger partial charge in [-0.2, -0.15) is 0 Å². The van der Waals surface area contributed by atoms with Gasteiger partial charge in [-0.25, -0.2) is 4.98 Å². The molecule has 0 aliphatic carbocycles. The highest BCUT2D eigenvalue weighted by atomic mass is 16.5. The van der Waals surface area contributed by atoms with E-state index >= 15 is 0 Å². The van der Waals surface area contributed by atoms with Gasteiger partial charge in [-0.05, 0) is 27.0 Å². The van der Waals surface area contributed by atoms with Gasteiger partial charge in [0.1, 0.15) is 0 Å². The van der Waals surface area contributed by atoms with Crippen molar-refractivity contribution in [2.75, 3.05) is 20.8 Å². The predicted octanol–water partition coefficient (Wildman–Crippen LogP) is 1.99. The maximum Gasteiger partial charge on any atom is 0.213 e. The molecule has 1 N–H and O–H groups in total. The van der Waals surface area contributed by atoms with Crippen LogP contribution in [0.1, 0.15) is 26.0 Å². The minimum absolute atomic E-state index is 0.150. The molecule has 0 aromatic carbocycles. The van der Waals surface area contributed by atoms with Crippen molar-refractivity contribution in [2.24, 2.45) is 0 Å². The molecule has 4 nitrogen and oxygen atoms in total. The van der Waals surface area contributed by atoms with Crippen molar-refractivity contribution < 1.29 is 9.47 Å². The van der Waals surface area contributed by atoms with E-state index in [-0.39, 0.29) is 5.60 Å². The molecular weight excluding hydrogens is 216 g/mol. The first kappa shape index (κ1) is 13.9. The lowest BCUT2D eigenvalue weighted by Gasteiger charge is -2.22. The molecule has 0 amide bonds. The molecular formula is C13H22N2O2. The van der Waals surface area contributed by atoms with Crippen molar-refractivity contribution in [3.8, 4) is 5.88 Å². The summed E-state index contributed by atoms with van der Waals surface area (Å²) in [4.78, 5) is 4.38. The summed E-state index contributed by atoms with van der Waals surface area (Å²) in [6.45, 7) is 5.44. The number of methoxy groups -OCH3 is 1. The minimum Gasteiger partial charge on any atom is -0.478 e. The van der Waals surface area contributed by atoms with Gasteiger partial charge in [0.05, 0.1) is 17.9 Å². The lowest BCUT2D eigenvalue weighted by Crippen LogP contribution is -2.25. The Morgan fingerprint density at radius 1 is 1.35 bits per heavy atom. The second-order valence-electron chi connectivity index (χ2n) is 4.56. The van der Waals surface area contributed by atoms with Gasteiger partial charge in [-0.1, -0.05) is 6.07 Å². The first-order valence-electron chi connectivity index (χ1n) is 5.86. The zero-order chi connectivity index (χ0) is 12.7. The van der Waals surface area contributed by atoms with Crippen LogP contribution in [0.15, 0.2) is 18.2 Å². The fourth-order valence-corrected chi connectivity index (χ4v) is 1.32. The molecule has 0 unspecified atom stereocenters. The van der Waals surface area contributed by atoms with E-state index < -0.39 is 0 Å². The molecule has 0 atom stereocenters. The Morgan fingerprint density at radius 3 is 2.76 bits per heavy atom. The highest BCUT2D eigenvalue weighted by Gasteiger charge is 2.16. The van der Waals surface area contributed by atoms with Gasteiger partial charge < -0.3 is 14.8 Å². The molecule has 1 rings (SSSR count). The van der Waals surface area contributed by atoms with Crippen LogP contribution in [0.2, 0.25) is 0 Å². The van der Waals surface area contributed by atoms with Crippen LogP contribution in [0.25, 0.3) is 0 Å². The molecule has 0 aliphatic rings. The molecule has 1 heterocycles. The summed E-state index contributed by atoms with van der Waals surface area (Å²) < 4.78 is 10.9. The van der Waals surface area contributed by atoms with Crippen LogP contribution in [0.5, 0.6) is 5.88 Å². The number of hydrogen-bond donors (Lipinski definition) is 1. The average molecular weight is 238 g/mol. The van der Waals surface area contributed by atoms with Gasteiger partial charge in [-0.3, -0.25) is 0 Å². The third kappa shape index (κ3) is 5.15. The van der Waals surface area contributed by atoms with Crippen molar-refractivity contribution >= 4 is 0 Å². The van der Waals surface area contributed by atoms with Gasteiger partial charge >= 0.3 is 0 Å². The third-order valence-electron chi connectivity index (χ3n) is 2.65. The lowest BCUT2D eigenvalue weighted by atomic mass is 10.1. The van der Waals surface area contributed by atoms with E-state index in [2.05, 4.69) is 10.3 Å². The van der Waals surface area contributed by atoms with Crippen molar-refractivity contribution in [2.45, 2.75) is 32.4 Å². The normalized spacial score (nSPS) is 11.5. The number of aromatic nitrogens is 1. The van der Waals surface area contributed by atoms with E-state index in [1.54, 1.807) is 7.11 Å². The van der Waals surface area contributed by atoms with Crippen molar-refractivity contribution in [1.29, 1.82) is 0 Å². The molecule has 0 radical (unpaired) electrons. The molecule has 0 saturated heterocycles. The topological polar surface area (TPSA) is 43.4 Å². The van der Waals surface area contributed by atoms with Crippen LogP contribution in [-0.2, 0) is 11.3 Å². The van der Waals surface area contributed by atoms with Gasteiger partial charge in [-0.15, -0.1) is 0 Å². The van der Waals surface area contributed by atoms with Gasteiger partial charge in [0.25, 0.3) is 0 Å². The molecule has 17 heavy (non-hydrogen) atoms. The highest BCUT2D eigenvalue weighted by Crippen LogP contribution is 2.14. The molecule has 0 fully saturated rings. The molecule has 1 aromatic heterocycles. The SMILES string of the molecule is CNCc1cccc(OCCC(C)(C)OC)n1. The molecule has 1 aromatic rings. The van der Waals surface area contributed by atoms with Crippen LogP contribution < -0.4 is 10.1 Å². The molecule has 0 bridgehead atoms. The molecule has 0 spiro atoms. The summed E-state index contributed by atoms with van der Waals surface area (Å²) in [6, 6.07) is 5.80. The monoisotopic (exact) mass is 238 g/mol. The quantitative estimate of drug-likeness (QED) is 0.789. The number of nitrogens with zero attached hydrogens (tertiary/aromatic N) is 1.